The molecule has 2 aromatic rings. The molecule has 142 valence electrons. The summed E-state index contributed by atoms with van der Waals surface area (Å²) in [5.74, 6) is 4.11. The molecule has 4 saturated carbocycles. The predicted octanol–water partition coefficient (Wildman–Crippen LogP) is 4.53. The summed E-state index contributed by atoms with van der Waals surface area (Å²) in [6.07, 6.45) is 6.67. The van der Waals surface area contributed by atoms with Crippen molar-refractivity contribution in [3.63, 3.8) is 0 Å². The number of halogens is 1. The predicted molar refractivity (Wildman–Crippen MR) is 107 cm³/mol. The maximum absolute atomic E-state index is 12.5. The van der Waals surface area contributed by atoms with Crippen LogP contribution in [0.25, 0.3) is 11.5 Å². The van der Waals surface area contributed by atoms with Gasteiger partial charge in [-0.15, -0.1) is 10.2 Å². The minimum atomic E-state index is 0.0830. The van der Waals surface area contributed by atoms with Crippen LogP contribution >= 0.6 is 27.7 Å². The van der Waals surface area contributed by atoms with Gasteiger partial charge in [0.25, 0.3) is 5.22 Å². The molecule has 27 heavy (non-hydrogen) atoms. The van der Waals surface area contributed by atoms with E-state index >= 15 is 0 Å². The van der Waals surface area contributed by atoms with Gasteiger partial charge in [0.1, 0.15) is 0 Å². The largest absolute Gasteiger partial charge is 0.411 e. The van der Waals surface area contributed by atoms with Crippen molar-refractivity contribution in [2.45, 2.75) is 43.4 Å². The summed E-state index contributed by atoms with van der Waals surface area (Å²) in [5, 5.41) is 11.9. The third-order valence-corrected chi connectivity index (χ3v) is 7.67. The number of benzene rings is 1. The average molecular weight is 448 g/mol. The van der Waals surface area contributed by atoms with E-state index < -0.39 is 0 Å². The minimum absolute atomic E-state index is 0.0830. The molecule has 1 N–H and O–H groups in total. The van der Waals surface area contributed by atoms with Crippen molar-refractivity contribution in [2.24, 2.45) is 23.7 Å². The molecule has 6 rings (SSSR count). The van der Waals surface area contributed by atoms with Crippen LogP contribution in [0.2, 0.25) is 0 Å². The van der Waals surface area contributed by atoms with E-state index in [4.69, 9.17) is 4.42 Å². The Morgan fingerprint density at radius 3 is 2.59 bits per heavy atom. The number of rotatable bonds is 5. The first-order chi connectivity index (χ1) is 13.1. The van der Waals surface area contributed by atoms with Gasteiger partial charge < -0.3 is 9.73 Å². The second-order valence-electron chi connectivity index (χ2n) is 8.20. The first kappa shape index (κ1) is 17.7. The van der Waals surface area contributed by atoms with Gasteiger partial charge in [-0.3, -0.25) is 4.79 Å². The van der Waals surface area contributed by atoms with Crippen LogP contribution in [0.15, 0.2) is 38.4 Å². The van der Waals surface area contributed by atoms with E-state index in [1.165, 1.54) is 43.9 Å². The minimum Gasteiger partial charge on any atom is -0.411 e. The van der Waals surface area contributed by atoms with Crippen LogP contribution in [0.5, 0.6) is 0 Å². The summed E-state index contributed by atoms with van der Waals surface area (Å²) in [5.41, 5.74) is 0.863. The Bertz CT molecular complexity index is 827. The Balaban J connectivity index is 1.17. The van der Waals surface area contributed by atoms with Crippen molar-refractivity contribution >= 4 is 33.6 Å². The van der Waals surface area contributed by atoms with E-state index in [0.29, 0.717) is 34.7 Å². The lowest BCUT2D eigenvalue weighted by Crippen LogP contribution is -2.56. The number of aromatic nitrogens is 2. The topological polar surface area (TPSA) is 68.0 Å². The Kier molecular flexibility index (Phi) is 4.76. The molecule has 4 fully saturated rings. The highest BCUT2D eigenvalue weighted by atomic mass is 79.9. The number of hydrogen-bond acceptors (Lipinski definition) is 5. The van der Waals surface area contributed by atoms with E-state index in [1.807, 2.05) is 24.3 Å². The van der Waals surface area contributed by atoms with Crippen LogP contribution in [-0.2, 0) is 4.79 Å². The van der Waals surface area contributed by atoms with Gasteiger partial charge in [0.15, 0.2) is 0 Å². The number of nitrogens with one attached hydrogen (secondary N) is 1. The molecule has 4 aliphatic carbocycles. The molecule has 0 aliphatic heterocycles. The van der Waals surface area contributed by atoms with Crippen LogP contribution in [0, 0.1) is 23.7 Å². The maximum Gasteiger partial charge on any atom is 0.277 e. The van der Waals surface area contributed by atoms with Gasteiger partial charge in [-0.1, -0.05) is 33.8 Å². The first-order valence-electron chi connectivity index (χ1n) is 9.65. The highest BCUT2D eigenvalue weighted by Crippen LogP contribution is 2.53. The summed E-state index contributed by atoms with van der Waals surface area (Å²) in [6, 6.07) is 8.11. The maximum atomic E-state index is 12.5. The van der Waals surface area contributed by atoms with Crippen molar-refractivity contribution in [3.8, 4) is 11.5 Å². The molecule has 4 aliphatic rings. The highest BCUT2D eigenvalue weighted by Gasteiger charge is 2.48. The van der Waals surface area contributed by atoms with Crippen LogP contribution in [-0.4, -0.2) is 27.9 Å². The van der Waals surface area contributed by atoms with Crippen molar-refractivity contribution < 1.29 is 9.21 Å². The normalized spacial score (nSPS) is 31.2. The van der Waals surface area contributed by atoms with Crippen LogP contribution < -0.4 is 5.32 Å². The van der Waals surface area contributed by atoms with Crippen molar-refractivity contribution in [1.82, 2.24) is 15.5 Å². The summed E-state index contributed by atoms with van der Waals surface area (Å²) in [7, 11) is 0. The molecule has 0 atom stereocenters. The van der Waals surface area contributed by atoms with Gasteiger partial charge in [-0.05, 0) is 74.0 Å². The molecule has 0 saturated heterocycles. The highest BCUT2D eigenvalue weighted by molar-refractivity contribution is 9.10. The third kappa shape index (κ3) is 3.68. The third-order valence-electron chi connectivity index (χ3n) is 6.36. The Morgan fingerprint density at radius 1 is 1.15 bits per heavy atom. The fourth-order valence-corrected chi connectivity index (χ4v) is 6.50. The van der Waals surface area contributed by atoms with E-state index in [2.05, 4.69) is 31.4 Å². The summed E-state index contributed by atoms with van der Waals surface area (Å²) >= 11 is 4.75. The standard InChI is InChI=1S/C20H22BrN3O2S/c21-16-3-1-2-13(9-16)19-23-24-20(26-19)27-10-17(25)22-18-14-5-11-4-12(7-14)8-15(18)6-11/h1-3,9,11-12,14-15,18H,4-8,10H2,(H,22,25). The van der Waals surface area contributed by atoms with E-state index in [0.717, 1.165) is 21.9 Å². The van der Waals surface area contributed by atoms with Crippen molar-refractivity contribution in [1.29, 1.82) is 0 Å². The Labute approximate surface area is 171 Å². The fraction of sp³-hybridized carbons (Fsp3) is 0.550. The number of carbonyl (C=O) groups is 1. The van der Waals surface area contributed by atoms with Crippen LogP contribution in [0.3, 0.4) is 0 Å². The van der Waals surface area contributed by atoms with Crippen molar-refractivity contribution in [3.05, 3.63) is 28.7 Å². The van der Waals surface area contributed by atoms with E-state index in [-0.39, 0.29) is 5.91 Å². The molecular formula is C20H22BrN3O2S. The molecule has 1 aromatic carbocycles. The molecule has 0 spiro atoms. The monoisotopic (exact) mass is 447 g/mol. The molecule has 1 heterocycles. The van der Waals surface area contributed by atoms with E-state index in [9.17, 15) is 4.79 Å². The lowest BCUT2D eigenvalue weighted by atomic mass is 9.54. The second-order valence-corrected chi connectivity index (χ2v) is 10.0. The first-order valence-corrected chi connectivity index (χ1v) is 11.4. The van der Waals surface area contributed by atoms with Gasteiger partial charge in [-0.25, -0.2) is 0 Å². The lowest BCUT2D eigenvalue weighted by molar-refractivity contribution is -0.122. The second kappa shape index (κ2) is 7.24. The summed E-state index contributed by atoms with van der Waals surface area (Å²) < 4.78 is 6.66. The quantitative estimate of drug-likeness (QED) is 0.681. The molecule has 0 unspecified atom stereocenters. The average Bonchev–Trinajstić information content (AvgIpc) is 3.11. The number of carbonyl (C=O) groups excluding carboxylic acids is 1. The molecule has 1 amide bonds. The zero-order valence-electron chi connectivity index (χ0n) is 14.9. The molecule has 4 bridgehead atoms. The van der Waals surface area contributed by atoms with Crippen LogP contribution in [0.4, 0.5) is 0 Å². The zero-order chi connectivity index (χ0) is 18.4. The molecule has 0 radical (unpaired) electrons. The number of nitrogens with zero attached hydrogens (tertiary/aromatic N) is 2. The summed E-state index contributed by atoms with van der Waals surface area (Å²) in [6.45, 7) is 0. The SMILES string of the molecule is O=C(CSc1nnc(-c2cccc(Br)c2)o1)NC1C2CC3CC(C2)CC1C3. The Hall–Kier alpha value is -1.34. The van der Waals surface area contributed by atoms with Crippen molar-refractivity contribution in [2.75, 3.05) is 5.75 Å². The number of hydrogen-bond donors (Lipinski definition) is 1. The van der Waals surface area contributed by atoms with E-state index in [1.54, 1.807) is 0 Å². The smallest absolute Gasteiger partial charge is 0.277 e. The molecular weight excluding hydrogens is 426 g/mol. The number of thioether (sulfide) groups is 1. The van der Waals surface area contributed by atoms with Crippen LogP contribution in [0.1, 0.15) is 32.1 Å². The van der Waals surface area contributed by atoms with Gasteiger partial charge in [0.05, 0.1) is 5.75 Å². The molecule has 5 nitrogen and oxygen atoms in total. The molecule has 7 heteroatoms. The van der Waals surface area contributed by atoms with Gasteiger partial charge >= 0.3 is 0 Å². The zero-order valence-corrected chi connectivity index (χ0v) is 17.3. The fourth-order valence-electron chi connectivity index (χ4n) is 5.52. The Morgan fingerprint density at radius 2 is 1.89 bits per heavy atom. The lowest BCUT2D eigenvalue weighted by Gasteiger charge is -2.54. The molecule has 1 aromatic heterocycles. The number of amides is 1. The summed E-state index contributed by atoms with van der Waals surface area (Å²) in [4.78, 5) is 12.5. The van der Waals surface area contributed by atoms with Gasteiger partial charge in [0, 0.05) is 16.1 Å². The van der Waals surface area contributed by atoms with Gasteiger partial charge in [0.2, 0.25) is 11.8 Å². The van der Waals surface area contributed by atoms with Gasteiger partial charge in [-0.2, -0.15) is 0 Å².